The van der Waals surface area contributed by atoms with E-state index in [0.717, 1.165) is 42.8 Å². The molecule has 4 heterocycles. The van der Waals surface area contributed by atoms with Gasteiger partial charge in [-0.1, -0.05) is 6.07 Å². The Morgan fingerprint density at radius 1 is 1.13 bits per heavy atom. The molecule has 8 nitrogen and oxygen atoms in total. The maximum Gasteiger partial charge on any atom is 0.416 e. The van der Waals surface area contributed by atoms with E-state index in [2.05, 4.69) is 25.3 Å². The lowest BCUT2D eigenvalue weighted by atomic mass is 9.78. The zero-order valence-corrected chi connectivity index (χ0v) is 17.2. The number of ether oxygens (including phenoxy) is 1. The minimum Gasteiger partial charge on any atom is -0.441 e. The number of rotatable bonds is 5. The van der Waals surface area contributed by atoms with E-state index in [1.54, 1.807) is 41.0 Å². The van der Waals surface area contributed by atoms with Crippen LogP contribution in [-0.2, 0) is 4.74 Å². The molecule has 0 unspecified atom stereocenters. The molecule has 1 spiro atoms. The first-order valence-electron chi connectivity index (χ1n) is 10.1. The van der Waals surface area contributed by atoms with Gasteiger partial charge in [0, 0.05) is 42.3 Å². The number of aromatic nitrogens is 4. The van der Waals surface area contributed by atoms with Crippen molar-refractivity contribution in [3.05, 3.63) is 48.4 Å². The fourth-order valence-corrected chi connectivity index (χ4v) is 4.73. The van der Waals surface area contributed by atoms with Crippen molar-refractivity contribution in [2.24, 2.45) is 5.92 Å². The van der Waals surface area contributed by atoms with Crippen LogP contribution in [0.1, 0.15) is 25.7 Å². The summed E-state index contributed by atoms with van der Waals surface area (Å²) >= 11 is 1.57. The minimum atomic E-state index is -0.392. The fraction of sp³-hybridized carbons (Fsp3) is 0.381. The van der Waals surface area contributed by atoms with E-state index in [9.17, 15) is 4.79 Å². The monoisotopic (exact) mass is 422 g/mol. The highest BCUT2D eigenvalue weighted by Crippen LogP contribution is 2.40. The molecule has 0 atom stereocenters. The SMILES string of the molecule is O=C1OC2(CCC(CNc3ncc(-c4nccs4)cn3)CC2)CN1c1ccccn1. The Bertz CT molecular complexity index is 988. The molecular formula is C21H22N6O2S. The van der Waals surface area contributed by atoms with E-state index in [1.165, 1.54) is 0 Å². The number of anilines is 2. The van der Waals surface area contributed by atoms with Gasteiger partial charge in [0.05, 0.1) is 6.54 Å². The van der Waals surface area contributed by atoms with Crippen LogP contribution in [0, 0.1) is 5.92 Å². The van der Waals surface area contributed by atoms with Crippen LogP contribution < -0.4 is 10.2 Å². The Morgan fingerprint density at radius 2 is 1.97 bits per heavy atom. The normalized spacial score (nSPS) is 23.5. The van der Waals surface area contributed by atoms with E-state index >= 15 is 0 Å². The Labute approximate surface area is 178 Å². The van der Waals surface area contributed by atoms with Gasteiger partial charge >= 0.3 is 6.09 Å². The molecule has 1 saturated heterocycles. The number of nitrogens with zero attached hydrogens (tertiary/aromatic N) is 5. The number of hydrogen-bond donors (Lipinski definition) is 1. The first-order valence-corrected chi connectivity index (χ1v) is 11.0. The van der Waals surface area contributed by atoms with Crippen molar-refractivity contribution >= 4 is 29.2 Å². The molecule has 2 fully saturated rings. The number of carbonyl (C=O) groups excluding carboxylic acids is 1. The summed E-state index contributed by atoms with van der Waals surface area (Å²) in [6.45, 7) is 1.38. The van der Waals surface area contributed by atoms with Crippen LogP contribution in [0.3, 0.4) is 0 Å². The molecule has 0 bridgehead atoms. The lowest BCUT2D eigenvalue weighted by Gasteiger charge is -2.35. The van der Waals surface area contributed by atoms with Crippen LogP contribution in [0.2, 0.25) is 0 Å². The molecule has 9 heteroatoms. The molecule has 2 aliphatic rings. The van der Waals surface area contributed by atoms with Crippen molar-refractivity contribution in [1.29, 1.82) is 0 Å². The molecule has 1 aliphatic heterocycles. The standard InChI is InChI=1S/C21H22N6O2S/c28-20-27(17-3-1-2-8-22-17)14-21(29-20)6-4-15(5-7-21)11-24-19-25-12-16(13-26-19)18-23-9-10-30-18/h1-3,8-10,12-13,15H,4-7,11,14H2,(H,24,25,26). The smallest absolute Gasteiger partial charge is 0.416 e. The van der Waals surface area contributed by atoms with Crippen LogP contribution in [0.25, 0.3) is 10.6 Å². The van der Waals surface area contributed by atoms with E-state index in [-0.39, 0.29) is 6.09 Å². The summed E-state index contributed by atoms with van der Waals surface area (Å²) in [4.78, 5) is 31.4. The molecule has 3 aromatic heterocycles. The first-order chi connectivity index (χ1) is 14.7. The number of amides is 1. The molecule has 0 aromatic carbocycles. The summed E-state index contributed by atoms with van der Waals surface area (Å²) in [6.07, 6.45) is 10.5. The lowest BCUT2D eigenvalue weighted by Crippen LogP contribution is -2.39. The van der Waals surface area contributed by atoms with Gasteiger partial charge in [-0.15, -0.1) is 11.3 Å². The number of thiazole rings is 1. The highest BCUT2D eigenvalue weighted by atomic mass is 32.1. The molecular weight excluding hydrogens is 400 g/mol. The average molecular weight is 423 g/mol. The zero-order chi connectivity index (χ0) is 20.4. The van der Waals surface area contributed by atoms with Gasteiger partial charge < -0.3 is 10.1 Å². The Kier molecular flexibility index (Phi) is 5.04. The van der Waals surface area contributed by atoms with Gasteiger partial charge in [-0.3, -0.25) is 4.90 Å². The van der Waals surface area contributed by atoms with Gasteiger partial charge in [-0.25, -0.2) is 24.7 Å². The fourth-order valence-electron chi connectivity index (χ4n) is 4.11. The van der Waals surface area contributed by atoms with Gasteiger partial charge in [0.15, 0.2) is 0 Å². The molecule has 1 amide bonds. The van der Waals surface area contributed by atoms with Gasteiger partial charge in [0.1, 0.15) is 16.4 Å². The average Bonchev–Trinajstić information content (AvgIpc) is 3.43. The predicted octanol–water partition coefficient (Wildman–Crippen LogP) is 3.99. The van der Waals surface area contributed by atoms with Crippen LogP contribution >= 0.6 is 11.3 Å². The number of hydrogen-bond acceptors (Lipinski definition) is 8. The maximum absolute atomic E-state index is 12.4. The molecule has 1 aliphatic carbocycles. The summed E-state index contributed by atoms with van der Waals surface area (Å²) in [7, 11) is 0. The number of pyridine rings is 1. The van der Waals surface area contributed by atoms with Crippen molar-refractivity contribution in [2.45, 2.75) is 31.3 Å². The van der Waals surface area contributed by atoms with E-state index in [4.69, 9.17) is 4.74 Å². The van der Waals surface area contributed by atoms with Gasteiger partial charge in [0.2, 0.25) is 5.95 Å². The third-order valence-electron chi connectivity index (χ3n) is 5.79. The van der Waals surface area contributed by atoms with Crippen LogP contribution in [0.4, 0.5) is 16.6 Å². The molecule has 30 heavy (non-hydrogen) atoms. The largest absolute Gasteiger partial charge is 0.441 e. The van der Waals surface area contributed by atoms with Crippen molar-refractivity contribution in [2.75, 3.05) is 23.3 Å². The third kappa shape index (κ3) is 3.85. The Hall–Kier alpha value is -3.07. The highest BCUT2D eigenvalue weighted by molar-refractivity contribution is 7.13. The first kappa shape index (κ1) is 18.9. The van der Waals surface area contributed by atoms with E-state index < -0.39 is 5.60 Å². The predicted molar refractivity (Wildman–Crippen MR) is 114 cm³/mol. The molecule has 154 valence electrons. The third-order valence-corrected chi connectivity index (χ3v) is 6.61. The van der Waals surface area contributed by atoms with Crippen LogP contribution in [0.15, 0.2) is 48.4 Å². The Morgan fingerprint density at radius 3 is 2.67 bits per heavy atom. The molecule has 3 aromatic rings. The van der Waals surface area contributed by atoms with Crippen molar-refractivity contribution < 1.29 is 9.53 Å². The van der Waals surface area contributed by atoms with Crippen molar-refractivity contribution in [3.8, 4) is 10.6 Å². The number of nitrogens with one attached hydrogen (secondary N) is 1. The highest BCUT2D eigenvalue weighted by Gasteiger charge is 2.47. The van der Waals surface area contributed by atoms with Crippen LogP contribution in [0.5, 0.6) is 0 Å². The molecule has 1 saturated carbocycles. The summed E-state index contributed by atoms with van der Waals surface area (Å²) in [6, 6.07) is 5.57. The zero-order valence-electron chi connectivity index (χ0n) is 16.4. The van der Waals surface area contributed by atoms with Crippen molar-refractivity contribution in [1.82, 2.24) is 19.9 Å². The lowest BCUT2D eigenvalue weighted by molar-refractivity contribution is 0.0148. The molecule has 5 rings (SSSR count). The maximum atomic E-state index is 12.4. The molecule has 0 radical (unpaired) electrons. The van der Waals surface area contributed by atoms with Gasteiger partial charge in [0.25, 0.3) is 0 Å². The topological polar surface area (TPSA) is 93.1 Å². The van der Waals surface area contributed by atoms with Crippen LogP contribution in [-0.4, -0.2) is 44.7 Å². The van der Waals surface area contributed by atoms with Gasteiger partial charge in [-0.2, -0.15) is 0 Å². The summed E-state index contributed by atoms with van der Waals surface area (Å²) < 4.78 is 5.81. The summed E-state index contributed by atoms with van der Waals surface area (Å²) in [5, 5.41) is 6.20. The second kappa shape index (κ2) is 7.98. The number of carbonyl (C=O) groups is 1. The minimum absolute atomic E-state index is 0.293. The second-order valence-electron chi connectivity index (χ2n) is 7.78. The quantitative estimate of drug-likeness (QED) is 0.664. The molecule has 1 N–H and O–H groups in total. The van der Waals surface area contributed by atoms with E-state index in [1.807, 2.05) is 23.6 Å². The summed E-state index contributed by atoms with van der Waals surface area (Å²) in [5.41, 5.74) is 0.535. The second-order valence-corrected chi connectivity index (χ2v) is 8.68. The Balaban J connectivity index is 1.14. The van der Waals surface area contributed by atoms with Crippen molar-refractivity contribution in [3.63, 3.8) is 0 Å². The summed E-state index contributed by atoms with van der Waals surface area (Å²) in [5.74, 6) is 1.78. The van der Waals surface area contributed by atoms with Gasteiger partial charge in [-0.05, 0) is 43.7 Å². The van der Waals surface area contributed by atoms with E-state index in [0.29, 0.717) is 24.2 Å².